The van der Waals surface area contributed by atoms with Gasteiger partial charge in [0.05, 0.1) is 17.7 Å². The van der Waals surface area contributed by atoms with Crippen LogP contribution in [0.1, 0.15) is 16.1 Å². The largest absolute Gasteiger partial charge is 0.508 e. The maximum Gasteiger partial charge on any atom is 0.268 e. The van der Waals surface area contributed by atoms with Crippen LogP contribution in [0.2, 0.25) is 10.2 Å². The fraction of sp³-hybridized carbons (Fsp3) is 0.214. The SMILES string of the molecule is O=C(N[C@H](CO)Cc1ccc(O)cc1)c1cc(Cl)c(Cl)[nH]1. The van der Waals surface area contributed by atoms with Gasteiger partial charge >= 0.3 is 0 Å². The number of nitrogens with one attached hydrogen (secondary N) is 2. The second-order valence-corrected chi connectivity index (χ2v) is 5.35. The summed E-state index contributed by atoms with van der Waals surface area (Å²) in [6.07, 6.45) is 0.435. The molecule has 0 aliphatic heterocycles. The molecule has 112 valence electrons. The fourth-order valence-corrected chi connectivity index (χ4v) is 2.18. The molecule has 1 aromatic heterocycles. The molecule has 5 nitrogen and oxygen atoms in total. The Morgan fingerprint density at radius 3 is 2.48 bits per heavy atom. The molecule has 0 aliphatic carbocycles. The summed E-state index contributed by atoms with van der Waals surface area (Å²) in [5.41, 5.74) is 1.11. The molecule has 1 aromatic carbocycles. The van der Waals surface area contributed by atoms with E-state index in [-0.39, 0.29) is 28.2 Å². The standard InChI is InChI=1S/C14H14Cl2N2O3/c15-11-6-12(18-13(11)16)14(21)17-9(7-19)5-8-1-3-10(20)4-2-8/h1-4,6,9,18-20H,5,7H2,(H,17,21)/t9-/m0/s1. The average molecular weight is 329 g/mol. The average Bonchev–Trinajstić information content (AvgIpc) is 2.80. The summed E-state index contributed by atoms with van der Waals surface area (Å²) in [5, 5.41) is 21.7. The smallest absolute Gasteiger partial charge is 0.268 e. The van der Waals surface area contributed by atoms with Gasteiger partial charge in [-0.25, -0.2) is 0 Å². The molecule has 21 heavy (non-hydrogen) atoms. The molecular formula is C14H14Cl2N2O3. The van der Waals surface area contributed by atoms with Gasteiger partial charge < -0.3 is 20.5 Å². The minimum atomic E-state index is -0.456. The summed E-state index contributed by atoms with van der Waals surface area (Å²) in [5.74, 6) is -0.236. The first-order valence-electron chi connectivity index (χ1n) is 6.23. The van der Waals surface area contributed by atoms with Crippen LogP contribution in [0.4, 0.5) is 0 Å². The van der Waals surface area contributed by atoms with Gasteiger partial charge in [-0.3, -0.25) is 4.79 Å². The second kappa shape index (κ2) is 6.85. The van der Waals surface area contributed by atoms with E-state index in [2.05, 4.69) is 10.3 Å². The first-order chi connectivity index (χ1) is 9.99. The zero-order chi connectivity index (χ0) is 15.4. The number of phenolic OH excluding ortho intramolecular Hbond substituents is 1. The van der Waals surface area contributed by atoms with Crippen LogP contribution in [0.3, 0.4) is 0 Å². The van der Waals surface area contributed by atoms with Gasteiger partial charge in [0.2, 0.25) is 0 Å². The Bertz CT molecular complexity index is 606. The van der Waals surface area contributed by atoms with Crippen molar-refractivity contribution in [2.75, 3.05) is 6.61 Å². The lowest BCUT2D eigenvalue weighted by Gasteiger charge is -2.16. The van der Waals surface area contributed by atoms with Gasteiger partial charge in [0.25, 0.3) is 5.91 Å². The van der Waals surface area contributed by atoms with Crippen molar-refractivity contribution >= 4 is 29.1 Å². The summed E-state index contributed by atoms with van der Waals surface area (Å²) in [4.78, 5) is 14.7. The van der Waals surface area contributed by atoms with Crippen LogP contribution in [-0.4, -0.2) is 33.8 Å². The van der Waals surface area contributed by atoms with E-state index in [0.717, 1.165) is 5.56 Å². The topological polar surface area (TPSA) is 85.3 Å². The van der Waals surface area contributed by atoms with E-state index in [1.807, 2.05) is 0 Å². The molecule has 0 unspecified atom stereocenters. The van der Waals surface area contributed by atoms with Crippen LogP contribution in [0, 0.1) is 0 Å². The fourth-order valence-electron chi connectivity index (χ4n) is 1.87. The van der Waals surface area contributed by atoms with Gasteiger partial charge in [-0.05, 0) is 30.2 Å². The number of aliphatic hydroxyl groups excluding tert-OH is 1. The number of aliphatic hydroxyl groups is 1. The third-order valence-electron chi connectivity index (χ3n) is 2.94. The van der Waals surface area contributed by atoms with E-state index in [9.17, 15) is 15.0 Å². The molecule has 4 N–H and O–H groups in total. The lowest BCUT2D eigenvalue weighted by atomic mass is 10.1. The van der Waals surface area contributed by atoms with Crippen molar-refractivity contribution in [3.05, 3.63) is 51.8 Å². The maximum atomic E-state index is 12.0. The third kappa shape index (κ3) is 4.14. The minimum Gasteiger partial charge on any atom is -0.508 e. The van der Waals surface area contributed by atoms with Crippen LogP contribution in [0.25, 0.3) is 0 Å². The Hall–Kier alpha value is -1.69. The van der Waals surface area contributed by atoms with Gasteiger partial charge in [0.1, 0.15) is 16.6 Å². The Kier molecular flexibility index (Phi) is 5.12. The number of rotatable bonds is 5. The highest BCUT2D eigenvalue weighted by atomic mass is 35.5. The van der Waals surface area contributed by atoms with Crippen LogP contribution >= 0.6 is 23.2 Å². The number of halogens is 2. The molecule has 1 atom stereocenters. The number of benzene rings is 1. The van der Waals surface area contributed by atoms with Crippen LogP contribution in [-0.2, 0) is 6.42 Å². The van der Waals surface area contributed by atoms with E-state index < -0.39 is 11.9 Å². The Morgan fingerprint density at radius 2 is 1.95 bits per heavy atom. The van der Waals surface area contributed by atoms with Crippen molar-refractivity contribution in [2.24, 2.45) is 0 Å². The van der Waals surface area contributed by atoms with E-state index in [4.69, 9.17) is 23.2 Å². The normalized spacial score (nSPS) is 12.1. The summed E-state index contributed by atoms with van der Waals surface area (Å²) >= 11 is 11.5. The predicted octanol–water partition coefficient (Wildman–Crippen LogP) is 2.36. The zero-order valence-electron chi connectivity index (χ0n) is 10.9. The van der Waals surface area contributed by atoms with Gasteiger partial charge in [0, 0.05) is 0 Å². The van der Waals surface area contributed by atoms with E-state index in [1.165, 1.54) is 6.07 Å². The first kappa shape index (κ1) is 15.7. The van der Waals surface area contributed by atoms with Crippen LogP contribution in [0.15, 0.2) is 30.3 Å². The van der Waals surface area contributed by atoms with E-state index >= 15 is 0 Å². The number of aromatic amines is 1. The van der Waals surface area contributed by atoms with E-state index in [1.54, 1.807) is 24.3 Å². The van der Waals surface area contributed by atoms with Gasteiger partial charge in [0.15, 0.2) is 0 Å². The first-order valence-corrected chi connectivity index (χ1v) is 6.99. The number of phenols is 1. The van der Waals surface area contributed by atoms with Gasteiger partial charge in [-0.15, -0.1) is 0 Å². The third-order valence-corrected chi connectivity index (χ3v) is 3.64. The lowest BCUT2D eigenvalue weighted by Crippen LogP contribution is -2.39. The zero-order valence-corrected chi connectivity index (χ0v) is 12.4. The molecule has 1 heterocycles. The molecule has 0 fully saturated rings. The van der Waals surface area contributed by atoms with E-state index in [0.29, 0.717) is 6.42 Å². The van der Waals surface area contributed by atoms with Crippen molar-refractivity contribution in [2.45, 2.75) is 12.5 Å². The molecule has 2 rings (SSSR count). The minimum absolute atomic E-state index is 0.166. The molecule has 7 heteroatoms. The Labute approximate surface area is 131 Å². The highest BCUT2D eigenvalue weighted by molar-refractivity contribution is 6.41. The number of aromatic nitrogens is 1. The lowest BCUT2D eigenvalue weighted by molar-refractivity contribution is 0.0912. The molecule has 0 spiro atoms. The molecule has 0 saturated carbocycles. The Morgan fingerprint density at radius 1 is 1.29 bits per heavy atom. The number of hydrogen-bond donors (Lipinski definition) is 4. The highest BCUT2D eigenvalue weighted by Crippen LogP contribution is 2.21. The molecular weight excluding hydrogens is 315 g/mol. The Balaban J connectivity index is 2.01. The molecule has 0 saturated heterocycles. The number of aromatic hydroxyl groups is 1. The number of hydrogen-bond acceptors (Lipinski definition) is 3. The maximum absolute atomic E-state index is 12.0. The monoisotopic (exact) mass is 328 g/mol. The summed E-state index contributed by atoms with van der Waals surface area (Å²) in [6, 6.07) is 7.53. The molecule has 1 amide bonds. The number of carbonyl (C=O) groups excluding carboxylic acids is 1. The summed E-state index contributed by atoms with van der Waals surface area (Å²) < 4.78 is 0. The number of H-pyrrole nitrogens is 1. The van der Waals surface area contributed by atoms with Crippen molar-refractivity contribution in [3.63, 3.8) is 0 Å². The molecule has 0 radical (unpaired) electrons. The quantitative estimate of drug-likeness (QED) is 0.679. The van der Waals surface area contributed by atoms with Crippen molar-refractivity contribution in [3.8, 4) is 5.75 Å². The molecule has 2 aromatic rings. The summed E-state index contributed by atoms with van der Waals surface area (Å²) in [7, 11) is 0. The van der Waals surface area contributed by atoms with Crippen molar-refractivity contribution in [1.29, 1.82) is 0 Å². The summed E-state index contributed by atoms with van der Waals surface area (Å²) in [6.45, 7) is -0.214. The van der Waals surface area contributed by atoms with Gasteiger partial charge in [-0.2, -0.15) is 0 Å². The molecule has 0 aliphatic rings. The van der Waals surface area contributed by atoms with Crippen molar-refractivity contribution < 1.29 is 15.0 Å². The number of carbonyl (C=O) groups is 1. The van der Waals surface area contributed by atoms with Gasteiger partial charge in [-0.1, -0.05) is 35.3 Å². The van der Waals surface area contributed by atoms with Crippen LogP contribution in [0.5, 0.6) is 5.75 Å². The molecule has 0 bridgehead atoms. The number of amides is 1. The van der Waals surface area contributed by atoms with Crippen molar-refractivity contribution in [1.82, 2.24) is 10.3 Å². The second-order valence-electron chi connectivity index (χ2n) is 4.57. The predicted molar refractivity (Wildman–Crippen MR) is 81.0 cm³/mol. The van der Waals surface area contributed by atoms with Crippen LogP contribution < -0.4 is 5.32 Å². The highest BCUT2D eigenvalue weighted by Gasteiger charge is 2.16.